The Morgan fingerprint density at radius 1 is 1.39 bits per heavy atom. The van der Waals surface area contributed by atoms with Crippen molar-refractivity contribution in [3.05, 3.63) is 34.5 Å². The van der Waals surface area contributed by atoms with Gasteiger partial charge in [0.1, 0.15) is 17.5 Å². The fraction of sp³-hybridized carbons (Fsp3) is 0.500. The Morgan fingerprint density at radius 3 is 2.91 bits per heavy atom. The van der Waals surface area contributed by atoms with Gasteiger partial charge < -0.3 is 14.2 Å². The Kier molecular flexibility index (Phi) is 4.26. The Labute approximate surface area is 134 Å². The molecule has 120 valence electrons. The molecular weight excluding hydrogens is 294 g/mol. The molecule has 23 heavy (non-hydrogen) atoms. The summed E-state index contributed by atoms with van der Waals surface area (Å²) in [6.45, 7) is 7.72. The molecule has 0 N–H and O–H groups in total. The van der Waals surface area contributed by atoms with Crippen molar-refractivity contribution in [1.82, 2.24) is 15.1 Å². The lowest BCUT2D eigenvalue weighted by Crippen LogP contribution is -2.25. The van der Waals surface area contributed by atoms with Gasteiger partial charge in [-0.25, -0.2) is 9.97 Å². The highest BCUT2D eigenvalue weighted by Gasteiger charge is 2.26. The van der Waals surface area contributed by atoms with Gasteiger partial charge in [-0.15, -0.1) is 0 Å². The zero-order valence-electron chi connectivity index (χ0n) is 13.5. The Balaban J connectivity index is 1.63. The van der Waals surface area contributed by atoms with Crippen LogP contribution in [-0.2, 0) is 11.3 Å². The van der Waals surface area contributed by atoms with Crippen LogP contribution in [0.4, 0.5) is 5.95 Å². The van der Waals surface area contributed by atoms with Crippen molar-refractivity contribution in [2.45, 2.75) is 39.9 Å². The number of aryl methyl sites for hydroxylation is 3. The van der Waals surface area contributed by atoms with Crippen LogP contribution in [0.5, 0.6) is 0 Å². The third kappa shape index (κ3) is 3.32. The number of hydrogen-bond acceptors (Lipinski definition) is 7. The van der Waals surface area contributed by atoms with Gasteiger partial charge in [0.05, 0.1) is 18.4 Å². The minimum atomic E-state index is 0.110. The number of nitrogens with zero attached hydrogens (tertiary/aromatic N) is 5. The van der Waals surface area contributed by atoms with Gasteiger partial charge in [-0.3, -0.25) is 0 Å². The molecule has 3 rings (SSSR count). The number of rotatable bonds is 4. The van der Waals surface area contributed by atoms with E-state index in [0.717, 1.165) is 42.2 Å². The summed E-state index contributed by atoms with van der Waals surface area (Å²) in [5.41, 5.74) is 3.08. The Morgan fingerprint density at radius 2 is 2.22 bits per heavy atom. The van der Waals surface area contributed by atoms with Crippen LogP contribution in [0.3, 0.4) is 0 Å². The third-order valence-electron chi connectivity index (χ3n) is 4.03. The van der Waals surface area contributed by atoms with E-state index in [2.05, 4.69) is 26.1 Å². The van der Waals surface area contributed by atoms with Crippen LogP contribution in [0.15, 0.2) is 10.6 Å². The number of ether oxygens (including phenoxy) is 1. The van der Waals surface area contributed by atoms with Gasteiger partial charge in [-0.05, 0) is 33.3 Å². The van der Waals surface area contributed by atoms with E-state index in [4.69, 9.17) is 14.5 Å². The summed E-state index contributed by atoms with van der Waals surface area (Å²) in [5.74, 6) is 1.41. The second kappa shape index (κ2) is 6.34. The average Bonchev–Trinajstić information content (AvgIpc) is 3.12. The number of nitriles is 1. The van der Waals surface area contributed by atoms with Crippen molar-refractivity contribution in [3.8, 4) is 6.07 Å². The maximum absolute atomic E-state index is 9.02. The molecular formula is C16H19N5O2. The first kappa shape index (κ1) is 15.4. The van der Waals surface area contributed by atoms with Crippen LogP contribution >= 0.6 is 0 Å². The molecule has 1 atom stereocenters. The lowest BCUT2D eigenvalue weighted by molar-refractivity contribution is 0.0544. The molecule has 1 aliphatic heterocycles. The largest absolute Gasteiger partial charge is 0.371 e. The second-order valence-electron chi connectivity index (χ2n) is 5.78. The molecule has 2 aromatic heterocycles. The van der Waals surface area contributed by atoms with Gasteiger partial charge in [0.15, 0.2) is 0 Å². The molecule has 1 unspecified atom stereocenters. The molecule has 0 amide bonds. The lowest BCUT2D eigenvalue weighted by atomic mass is 10.2. The summed E-state index contributed by atoms with van der Waals surface area (Å²) in [6, 6.07) is 3.76. The van der Waals surface area contributed by atoms with Crippen LogP contribution in [0, 0.1) is 32.1 Å². The van der Waals surface area contributed by atoms with E-state index in [-0.39, 0.29) is 6.10 Å². The molecule has 7 nitrogen and oxygen atoms in total. The molecule has 2 aromatic rings. The lowest BCUT2D eigenvalue weighted by Gasteiger charge is -2.17. The second-order valence-corrected chi connectivity index (χ2v) is 5.78. The van der Waals surface area contributed by atoms with E-state index >= 15 is 0 Å². The van der Waals surface area contributed by atoms with Crippen molar-refractivity contribution < 1.29 is 9.26 Å². The number of anilines is 1. The van der Waals surface area contributed by atoms with E-state index in [9.17, 15) is 0 Å². The third-order valence-corrected chi connectivity index (χ3v) is 4.03. The van der Waals surface area contributed by atoms with E-state index in [1.165, 1.54) is 0 Å². The van der Waals surface area contributed by atoms with Crippen LogP contribution in [0.1, 0.15) is 34.8 Å². The first-order valence-electron chi connectivity index (χ1n) is 7.61. The number of aromatic nitrogens is 3. The summed E-state index contributed by atoms with van der Waals surface area (Å²) in [6.07, 6.45) is 1.01. The minimum Gasteiger partial charge on any atom is -0.371 e. The van der Waals surface area contributed by atoms with Crippen molar-refractivity contribution in [2.75, 3.05) is 18.0 Å². The molecule has 0 radical (unpaired) electrons. The van der Waals surface area contributed by atoms with Crippen LogP contribution in [-0.4, -0.2) is 34.3 Å². The highest BCUT2D eigenvalue weighted by atomic mass is 16.5. The zero-order valence-corrected chi connectivity index (χ0v) is 13.5. The predicted molar refractivity (Wildman–Crippen MR) is 82.9 cm³/mol. The Bertz CT molecular complexity index is 730. The number of hydrogen-bond donors (Lipinski definition) is 0. The minimum absolute atomic E-state index is 0.110. The first-order valence-corrected chi connectivity index (χ1v) is 7.61. The predicted octanol–water partition coefficient (Wildman–Crippen LogP) is 2.06. The molecule has 0 saturated carbocycles. The van der Waals surface area contributed by atoms with Gasteiger partial charge in [-0.2, -0.15) is 5.26 Å². The van der Waals surface area contributed by atoms with Gasteiger partial charge in [0.2, 0.25) is 5.95 Å². The summed E-state index contributed by atoms with van der Waals surface area (Å²) in [7, 11) is 0. The molecule has 1 fully saturated rings. The van der Waals surface area contributed by atoms with Crippen molar-refractivity contribution in [3.63, 3.8) is 0 Å². The highest BCUT2D eigenvalue weighted by molar-refractivity contribution is 5.37. The quantitative estimate of drug-likeness (QED) is 0.853. The van der Waals surface area contributed by atoms with E-state index < -0.39 is 0 Å². The van der Waals surface area contributed by atoms with Crippen LogP contribution in [0.25, 0.3) is 0 Å². The normalized spacial score (nSPS) is 17.5. The van der Waals surface area contributed by atoms with Crippen molar-refractivity contribution in [2.24, 2.45) is 0 Å². The summed E-state index contributed by atoms with van der Waals surface area (Å²) < 4.78 is 11.1. The van der Waals surface area contributed by atoms with Crippen LogP contribution < -0.4 is 4.90 Å². The molecule has 3 heterocycles. The average molecular weight is 313 g/mol. The summed E-state index contributed by atoms with van der Waals surface area (Å²) in [5, 5.41) is 13.0. The van der Waals surface area contributed by atoms with Crippen molar-refractivity contribution in [1.29, 1.82) is 5.26 Å². The van der Waals surface area contributed by atoms with Gasteiger partial charge in [-0.1, -0.05) is 5.16 Å². The van der Waals surface area contributed by atoms with Gasteiger partial charge >= 0.3 is 0 Å². The van der Waals surface area contributed by atoms with Gasteiger partial charge in [0.25, 0.3) is 0 Å². The molecule has 1 aliphatic rings. The Hall–Kier alpha value is -2.46. The van der Waals surface area contributed by atoms with E-state index in [1.807, 2.05) is 20.8 Å². The molecule has 1 saturated heterocycles. The standard InChI is InChI=1S/C16H19N5O2/c1-10-6-13(7-17)19-16(18-10)21-5-4-14(8-21)22-9-15-11(2)20-23-12(15)3/h6,14H,4-5,8-9H2,1-3H3. The van der Waals surface area contributed by atoms with E-state index in [0.29, 0.717) is 18.2 Å². The highest BCUT2D eigenvalue weighted by Crippen LogP contribution is 2.21. The fourth-order valence-corrected chi connectivity index (χ4v) is 2.71. The maximum atomic E-state index is 9.02. The molecule has 7 heteroatoms. The molecule has 0 bridgehead atoms. The smallest absolute Gasteiger partial charge is 0.226 e. The monoisotopic (exact) mass is 313 g/mol. The molecule has 0 spiro atoms. The summed E-state index contributed by atoms with van der Waals surface area (Å²) >= 11 is 0. The van der Waals surface area contributed by atoms with Crippen molar-refractivity contribution >= 4 is 5.95 Å². The van der Waals surface area contributed by atoms with E-state index in [1.54, 1.807) is 6.07 Å². The van der Waals surface area contributed by atoms with Gasteiger partial charge in [0, 0.05) is 24.3 Å². The fourth-order valence-electron chi connectivity index (χ4n) is 2.71. The first-order chi connectivity index (χ1) is 11.1. The summed E-state index contributed by atoms with van der Waals surface area (Å²) in [4.78, 5) is 10.8. The SMILES string of the molecule is Cc1cc(C#N)nc(N2CCC(OCc3c(C)noc3C)C2)n1. The topological polar surface area (TPSA) is 88.1 Å². The van der Waals surface area contributed by atoms with Crippen LogP contribution in [0.2, 0.25) is 0 Å². The maximum Gasteiger partial charge on any atom is 0.226 e. The molecule has 0 aliphatic carbocycles. The zero-order chi connectivity index (χ0) is 16.4. The molecule has 0 aromatic carbocycles.